The van der Waals surface area contributed by atoms with Crippen LogP contribution in [0.15, 0.2) is 41.5 Å². The largest absolute Gasteiger partial charge is 0.471 e. The normalized spacial score (nSPS) is 15.5. The van der Waals surface area contributed by atoms with Crippen molar-refractivity contribution in [2.75, 3.05) is 14.1 Å². The molecule has 23 heavy (non-hydrogen) atoms. The third-order valence-corrected chi connectivity index (χ3v) is 3.62. The number of benzene rings is 1. The number of pyridine rings is 1. The fraction of sp³-hybridized carbons (Fsp3) is 0.250. The zero-order valence-corrected chi connectivity index (χ0v) is 12.6. The molecule has 2 heterocycles. The van der Waals surface area contributed by atoms with E-state index in [1.807, 2.05) is 20.2 Å². The zero-order chi connectivity index (χ0) is 16.7. The van der Waals surface area contributed by atoms with E-state index >= 15 is 0 Å². The molecular formula is C16H15F3N3O+. The van der Waals surface area contributed by atoms with Crippen LogP contribution >= 0.6 is 0 Å². The van der Waals surface area contributed by atoms with Crippen molar-refractivity contribution >= 4 is 17.7 Å². The maximum atomic E-state index is 12.5. The average Bonchev–Trinajstić information content (AvgIpc) is 2.81. The first kappa shape index (κ1) is 15.5. The van der Waals surface area contributed by atoms with Crippen LogP contribution in [0.2, 0.25) is 0 Å². The molecule has 7 heteroatoms. The van der Waals surface area contributed by atoms with Gasteiger partial charge in [0, 0.05) is 12.3 Å². The van der Waals surface area contributed by atoms with Crippen LogP contribution in [0.1, 0.15) is 11.1 Å². The molecule has 0 saturated heterocycles. The van der Waals surface area contributed by atoms with Crippen molar-refractivity contribution < 1.29 is 17.9 Å². The third kappa shape index (κ3) is 3.05. The number of hydrogen-bond acceptors (Lipinski definition) is 3. The number of quaternary nitrogens is 1. The molecule has 0 unspecified atom stereocenters. The summed E-state index contributed by atoms with van der Waals surface area (Å²) in [5, 5.41) is 0. The second kappa shape index (κ2) is 5.34. The first-order chi connectivity index (χ1) is 10.8. The van der Waals surface area contributed by atoms with E-state index in [2.05, 4.69) is 9.98 Å². The minimum Gasteiger partial charge on any atom is -0.471 e. The molecule has 0 spiro atoms. The number of ether oxygens (including phenoxy) is 1. The van der Waals surface area contributed by atoms with E-state index < -0.39 is 11.7 Å². The van der Waals surface area contributed by atoms with E-state index in [1.54, 1.807) is 12.5 Å². The maximum Gasteiger partial charge on any atom is 0.416 e. The standard InChI is InChI=1S/C16H15F3N3O/c1-22(2)10-21-14-13(22)7-8-20-15(14)23-9-11-3-5-12(6-4-11)16(17,18)19/h3-8,10H,9H2,1-2H3/q+1. The second-order valence-corrected chi connectivity index (χ2v) is 5.75. The number of hydrogen-bond donors (Lipinski definition) is 0. The Balaban J connectivity index is 1.75. The topological polar surface area (TPSA) is 34.5 Å². The first-order valence-electron chi connectivity index (χ1n) is 6.95. The highest BCUT2D eigenvalue weighted by atomic mass is 19.4. The first-order valence-corrected chi connectivity index (χ1v) is 6.95. The Morgan fingerprint density at radius 1 is 1.09 bits per heavy atom. The molecule has 0 amide bonds. The molecule has 120 valence electrons. The number of aromatic nitrogens is 1. The predicted molar refractivity (Wildman–Crippen MR) is 81.8 cm³/mol. The number of rotatable bonds is 3. The smallest absolute Gasteiger partial charge is 0.416 e. The van der Waals surface area contributed by atoms with Gasteiger partial charge in [-0.25, -0.2) is 4.98 Å². The molecule has 0 N–H and O–H groups in total. The van der Waals surface area contributed by atoms with Crippen molar-refractivity contribution in [3.8, 4) is 5.88 Å². The van der Waals surface area contributed by atoms with Gasteiger partial charge in [0.25, 0.3) is 0 Å². The third-order valence-electron chi connectivity index (χ3n) is 3.62. The monoisotopic (exact) mass is 322 g/mol. The number of aliphatic imine (C=N–C) groups is 1. The lowest BCUT2D eigenvalue weighted by atomic mass is 10.1. The highest BCUT2D eigenvalue weighted by molar-refractivity contribution is 5.89. The Bertz CT molecular complexity index is 752. The molecule has 0 saturated carbocycles. The van der Waals surface area contributed by atoms with Crippen molar-refractivity contribution in [3.63, 3.8) is 0 Å². The van der Waals surface area contributed by atoms with Crippen LogP contribution in [0.4, 0.5) is 24.5 Å². The Hall–Kier alpha value is -2.41. The van der Waals surface area contributed by atoms with E-state index in [9.17, 15) is 13.2 Å². The van der Waals surface area contributed by atoms with Gasteiger partial charge in [0.1, 0.15) is 6.61 Å². The van der Waals surface area contributed by atoms with E-state index in [-0.39, 0.29) is 6.61 Å². The summed E-state index contributed by atoms with van der Waals surface area (Å²) < 4.78 is 43.7. The predicted octanol–water partition coefficient (Wildman–Crippen LogP) is 3.92. The summed E-state index contributed by atoms with van der Waals surface area (Å²) in [7, 11) is 3.96. The lowest BCUT2D eigenvalue weighted by Crippen LogP contribution is -2.36. The molecule has 2 aromatic rings. The van der Waals surface area contributed by atoms with Gasteiger partial charge in [-0.1, -0.05) is 12.1 Å². The maximum absolute atomic E-state index is 12.5. The summed E-state index contributed by atoms with van der Waals surface area (Å²) in [4.78, 5) is 8.48. The summed E-state index contributed by atoms with van der Waals surface area (Å²) in [5.74, 6) is 0.377. The fourth-order valence-corrected chi connectivity index (χ4v) is 2.32. The summed E-state index contributed by atoms with van der Waals surface area (Å²) in [6, 6.07) is 6.75. The number of halogens is 3. The van der Waals surface area contributed by atoms with Crippen LogP contribution in [-0.2, 0) is 12.8 Å². The van der Waals surface area contributed by atoms with Gasteiger partial charge in [0.05, 0.1) is 19.7 Å². The van der Waals surface area contributed by atoms with Crippen molar-refractivity contribution in [2.45, 2.75) is 12.8 Å². The van der Waals surface area contributed by atoms with Gasteiger partial charge >= 0.3 is 6.18 Å². The fourth-order valence-electron chi connectivity index (χ4n) is 2.32. The van der Waals surface area contributed by atoms with Crippen molar-refractivity contribution in [2.24, 2.45) is 4.99 Å². The Kier molecular flexibility index (Phi) is 3.60. The van der Waals surface area contributed by atoms with Gasteiger partial charge < -0.3 is 4.74 Å². The van der Waals surface area contributed by atoms with Crippen LogP contribution < -0.4 is 9.22 Å². The zero-order valence-electron chi connectivity index (χ0n) is 12.6. The van der Waals surface area contributed by atoms with Gasteiger partial charge in [-0.15, -0.1) is 0 Å². The minimum atomic E-state index is -4.33. The van der Waals surface area contributed by atoms with Gasteiger partial charge in [0.15, 0.2) is 17.7 Å². The van der Waals surface area contributed by atoms with Crippen LogP contribution in [0.3, 0.4) is 0 Å². The molecule has 1 aliphatic rings. The summed E-state index contributed by atoms with van der Waals surface area (Å²) in [6.45, 7) is 0.130. The van der Waals surface area contributed by atoms with Gasteiger partial charge in [0.2, 0.25) is 5.88 Å². The lowest BCUT2D eigenvalue weighted by molar-refractivity contribution is -0.137. The number of nitrogens with zero attached hydrogens (tertiary/aromatic N) is 3. The van der Waals surface area contributed by atoms with E-state index in [1.165, 1.54) is 12.1 Å². The second-order valence-electron chi connectivity index (χ2n) is 5.75. The molecule has 1 aromatic carbocycles. The Morgan fingerprint density at radius 3 is 2.43 bits per heavy atom. The van der Waals surface area contributed by atoms with Crippen molar-refractivity contribution in [1.82, 2.24) is 9.47 Å². The van der Waals surface area contributed by atoms with Gasteiger partial charge in [-0.3, -0.25) is 4.48 Å². The SMILES string of the molecule is C[N+]1(C)C=Nc2c1ccnc2OCc1ccc(C(F)(F)F)cc1. The molecule has 0 bridgehead atoms. The van der Waals surface area contributed by atoms with E-state index in [4.69, 9.17) is 4.74 Å². The van der Waals surface area contributed by atoms with Crippen molar-refractivity contribution in [1.29, 1.82) is 0 Å². The molecule has 3 rings (SSSR count). The summed E-state index contributed by atoms with van der Waals surface area (Å²) in [6.07, 6.45) is -0.924. The van der Waals surface area contributed by atoms with E-state index in [0.717, 1.165) is 17.8 Å². The summed E-state index contributed by atoms with van der Waals surface area (Å²) in [5.41, 5.74) is 1.57. The van der Waals surface area contributed by atoms with Crippen molar-refractivity contribution in [3.05, 3.63) is 47.7 Å². The molecule has 0 radical (unpaired) electrons. The molecule has 1 aliphatic heterocycles. The molecule has 0 atom stereocenters. The van der Waals surface area contributed by atoms with Crippen LogP contribution in [0, 0.1) is 0 Å². The van der Waals surface area contributed by atoms with E-state index in [0.29, 0.717) is 21.6 Å². The molecular weight excluding hydrogens is 307 g/mol. The van der Waals surface area contributed by atoms with Gasteiger partial charge in [-0.2, -0.15) is 18.2 Å². The van der Waals surface area contributed by atoms with Gasteiger partial charge in [-0.05, 0) is 17.7 Å². The van der Waals surface area contributed by atoms with Crippen LogP contribution in [-0.4, -0.2) is 25.4 Å². The highest BCUT2D eigenvalue weighted by Crippen LogP contribution is 2.41. The number of fused-ring (bicyclic) bond motifs is 1. The molecule has 4 nitrogen and oxygen atoms in total. The molecule has 0 aliphatic carbocycles. The number of alkyl halides is 3. The Labute approximate surface area is 131 Å². The average molecular weight is 322 g/mol. The highest BCUT2D eigenvalue weighted by Gasteiger charge is 2.31. The molecule has 1 aromatic heterocycles. The molecule has 0 fully saturated rings. The Morgan fingerprint density at radius 2 is 1.78 bits per heavy atom. The lowest BCUT2D eigenvalue weighted by Gasteiger charge is -2.19. The minimum absolute atomic E-state index is 0.130. The van der Waals surface area contributed by atoms with Crippen LogP contribution in [0.5, 0.6) is 5.88 Å². The van der Waals surface area contributed by atoms with Crippen LogP contribution in [0.25, 0.3) is 0 Å². The summed E-state index contributed by atoms with van der Waals surface area (Å²) >= 11 is 0. The quantitative estimate of drug-likeness (QED) is 0.803.